The molecule has 1 N–H and O–H groups in total. The molecule has 0 saturated heterocycles. The van der Waals surface area contributed by atoms with Gasteiger partial charge >= 0.3 is 80.9 Å². The van der Waals surface area contributed by atoms with Gasteiger partial charge in [0, 0.05) is 0 Å². The number of carboxylic acid groups (broad SMARTS) is 2. The molecule has 0 rings (SSSR count). The summed E-state index contributed by atoms with van der Waals surface area (Å²) in [5.74, 6) is 0. The Labute approximate surface area is 123 Å². The summed E-state index contributed by atoms with van der Waals surface area (Å²) in [6.07, 6.45) is -2.08. The van der Waals surface area contributed by atoms with Gasteiger partial charge in [0.15, 0.2) is 0 Å². The van der Waals surface area contributed by atoms with E-state index < -0.39 is 6.16 Å². The second-order valence-electron chi connectivity index (χ2n) is 0.266. The smallest absolute Gasteiger partial charge is 1.00 e. The first kappa shape index (κ1) is 22.6. The van der Waals surface area contributed by atoms with E-state index in [1.807, 2.05) is 0 Å². The van der Waals surface area contributed by atoms with Gasteiger partial charge in [-0.05, 0) is 0 Å². The van der Waals surface area contributed by atoms with Crippen LogP contribution < -0.4 is 110 Å². The normalized spacial score (nSPS) is 3.43. The van der Waals surface area contributed by atoms with Gasteiger partial charge in [0.25, 0.3) is 0 Å². The van der Waals surface area contributed by atoms with Crippen LogP contribution in [-0.2, 0) is 0 Å². The summed E-state index contributed by atoms with van der Waals surface area (Å²) in [4.78, 5) is 8.44. The number of carbonyl (C=O) groups is 1. The zero-order chi connectivity index (χ0) is 3.58. The molecule has 0 saturated carbocycles. The fourth-order valence-corrected chi connectivity index (χ4v) is 0. The summed E-state index contributed by atoms with van der Waals surface area (Å²) in [5, 5.41) is 15.3. The summed E-state index contributed by atoms with van der Waals surface area (Å²) < 4.78 is 0. The molecule has 0 aliphatic carbocycles. The van der Waals surface area contributed by atoms with Crippen molar-refractivity contribution < 1.29 is 120 Å². The molecule has 7 heavy (non-hydrogen) atoms. The van der Waals surface area contributed by atoms with E-state index in [9.17, 15) is 0 Å². The van der Waals surface area contributed by atoms with Gasteiger partial charge in [-0.2, -0.15) is 0 Å². The zero-order valence-corrected chi connectivity index (χ0v) is 11.4. The number of hydrogen-bond acceptors (Lipinski definition) is 2. The van der Waals surface area contributed by atoms with E-state index in [-0.39, 0.29) is 105 Å². The molecule has 0 aromatic rings. The molecule has 0 aliphatic rings. The van der Waals surface area contributed by atoms with Crippen LogP contribution in [0.4, 0.5) is 4.79 Å². The fraction of sp³-hybridized carbons (Fsp3) is 0. The van der Waals surface area contributed by atoms with Crippen molar-refractivity contribution in [1.82, 2.24) is 0 Å². The number of halogens is 1. The first-order valence-electron chi connectivity index (χ1n) is 0.632. The van der Waals surface area contributed by atoms with Crippen LogP contribution in [0.1, 0.15) is 0 Å². The minimum absolute atomic E-state index is 0. The molecule has 0 spiro atoms. The predicted molar refractivity (Wildman–Crippen MR) is 8.02 cm³/mol. The van der Waals surface area contributed by atoms with Gasteiger partial charge in [0.05, 0.1) is 0 Å². The Morgan fingerprint density at radius 3 is 1.57 bits per heavy atom. The molecule has 0 bridgehead atoms. The Balaban J connectivity index is -0.0000000150. The molecule has 0 unspecified atom stereocenters. The topological polar surface area (TPSA) is 60.4 Å². The third-order valence-corrected chi connectivity index (χ3v) is 0. The minimum atomic E-state index is -2.08. The summed E-state index contributed by atoms with van der Waals surface area (Å²) in [5.41, 5.74) is 0. The third kappa shape index (κ3) is 54.7. The van der Waals surface area contributed by atoms with Crippen molar-refractivity contribution >= 4 is 6.16 Å². The monoisotopic (exact) mass is 250 g/mol. The van der Waals surface area contributed by atoms with E-state index in [2.05, 4.69) is 0 Å². The maximum Gasteiger partial charge on any atom is 1.00 e. The molecule has 6 heteroatoms. The molecule has 0 amide bonds. The van der Waals surface area contributed by atoms with Crippen molar-refractivity contribution in [1.29, 1.82) is 0 Å². The van der Waals surface area contributed by atoms with Gasteiger partial charge in [-0.15, -0.1) is 0 Å². The van der Waals surface area contributed by atoms with Crippen LogP contribution >= 0.6 is 0 Å². The maximum absolute atomic E-state index is 8.44. The molecule has 3 nitrogen and oxygen atoms in total. The predicted octanol–water partition coefficient (Wildman–Crippen LogP) is -10.1. The van der Waals surface area contributed by atoms with E-state index >= 15 is 0 Å². The van der Waals surface area contributed by atoms with Gasteiger partial charge in [-0.1, -0.05) is 0 Å². The second-order valence-corrected chi connectivity index (χ2v) is 0.266. The maximum atomic E-state index is 8.44. The Morgan fingerprint density at radius 2 is 1.57 bits per heavy atom. The van der Waals surface area contributed by atoms with Gasteiger partial charge in [0.1, 0.15) is 0 Å². The molecular formula is CHIKNaO3. The van der Waals surface area contributed by atoms with Crippen LogP contribution in [0.2, 0.25) is 0 Å². The summed E-state index contributed by atoms with van der Waals surface area (Å²) in [7, 11) is 0. The van der Waals surface area contributed by atoms with Crippen molar-refractivity contribution in [2.75, 3.05) is 0 Å². The number of rotatable bonds is 0. The molecular weight excluding hydrogens is 249 g/mol. The summed E-state index contributed by atoms with van der Waals surface area (Å²) in [6.45, 7) is 0. The molecule has 0 fully saturated rings. The Bertz CT molecular complexity index is 37.9. The molecule has 0 aliphatic heterocycles. The molecule has 0 heterocycles. The average molecular weight is 250 g/mol. The average Bonchev–Trinajstić information content (AvgIpc) is 0.811. The number of hydrogen-bond donors (Lipinski definition) is 1. The molecule has 32 valence electrons. The SMILES string of the molecule is O=C([O-])O.[I-].[K+].[Na+]. The summed E-state index contributed by atoms with van der Waals surface area (Å²) in [6, 6.07) is 0. The summed E-state index contributed by atoms with van der Waals surface area (Å²) >= 11 is 0. The quantitative estimate of drug-likeness (QED) is 0.343. The zero-order valence-electron chi connectivity index (χ0n) is 4.14. The van der Waals surface area contributed by atoms with Gasteiger partial charge < -0.3 is 39.0 Å². The molecule has 0 radical (unpaired) electrons. The van der Waals surface area contributed by atoms with Crippen LogP contribution in [0.5, 0.6) is 0 Å². The van der Waals surface area contributed by atoms with E-state index in [1.54, 1.807) is 0 Å². The largest absolute Gasteiger partial charge is 1.00 e. The Morgan fingerprint density at radius 1 is 1.57 bits per heavy atom. The van der Waals surface area contributed by atoms with Gasteiger partial charge in [-0.3, -0.25) is 0 Å². The van der Waals surface area contributed by atoms with E-state index in [4.69, 9.17) is 15.0 Å². The standard InChI is InChI=1S/CH2O3.HI.K.Na/c2-1(3)4;;;/h(H2,2,3,4);1H;;/q;;2*+1/p-2. The van der Waals surface area contributed by atoms with Crippen molar-refractivity contribution in [2.24, 2.45) is 0 Å². The first-order chi connectivity index (χ1) is 1.73. The molecule has 0 atom stereocenters. The van der Waals surface area contributed by atoms with Crippen LogP contribution in [0.25, 0.3) is 0 Å². The second kappa shape index (κ2) is 15.9. The van der Waals surface area contributed by atoms with Gasteiger partial charge in [-0.25, -0.2) is 0 Å². The van der Waals surface area contributed by atoms with Crippen molar-refractivity contribution in [3.8, 4) is 0 Å². The Hall–Kier alpha value is 2.64. The van der Waals surface area contributed by atoms with Crippen molar-refractivity contribution in [3.63, 3.8) is 0 Å². The first-order valence-corrected chi connectivity index (χ1v) is 0.632. The van der Waals surface area contributed by atoms with Crippen LogP contribution in [0.3, 0.4) is 0 Å². The van der Waals surface area contributed by atoms with Crippen LogP contribution in [-0.4, -0.2) is 11.3 Å². The van der Waals surface area contributed by atoms with Gasteiger partial charge in [0.2, 0.25) is 6.16 Å². The Kier molecular flexibility index (Phi) is 51.2. The fourth-order valence-electron chi connectivity index (χ4n) is 0. The third-order valence-electron chi connectivity index (χ3n) is 0. The van der Waals surface area contributed by atoms with E-state index in [0.717, 1.165) is 0 Å². The van der Waals surface area contributed by atoms with E-state index in [0.29, 0.717) is 0 Å². The van der Waals surface area contributed by atoms with Crippen LogP contribution in [0, 0.1) is 0 Å². The van der Waals surface area contributed by atoms with Crippen molar-refractivity contribution in [3.05, 3.63) is 0 Å². The molecule has 0 aromatic heterocycles. The molecule has 0 aromatic carbocycles. The van der Waals surface area contributed by atoms with Crippen molar-refractivity contribution in [2.45, 2.75) is 0 Å². The minimum Gasteiger partial charge on any atom is -1.00 e. The van der Waals surface area contributed by atoms with E-state index in [1.165, 1.54) is 0 Å². The van der Waals surface area contributed by atoms with Crippen LogP contribution in [0.15, 0.2) is 0 Å².